The molecule has 0 unspecified atom stereocenters. The number of benzene rings is 1. The van der Waals surface area contributed by atoms with Crippen LogP contribution in [0.2, 0.25) is 0 Å². The highest BCUT2D eigenvalue weighted by Gasteiger charge is 2.26. The molecule has 0 aliphatic heterocycles. The fourth-order valence-corrected chi connectivity index (χ4v) is 5.40. The minimum Gasteiger partial charge on any atom is -0.478 e. The fourth-order valence-electron chi connectivity index (χ4n) is 5.40. The molecule has 38 heavy (non-hydrogen) atoms. The number of aryl methyl sites for hydroxylation is 1. The summed E-state index contributed by atoms with van der Waals surface area (Å²) in [5.41, 5.74) is 5.12. The van der Waals surface area contributed by atoms with E-state index in [1.807, 2.05) is 48.1 Å². The molecule has 1 aromatic carbocycles. The van der Waals surface area contributed by atoms with Crippen LogP contribution in [0.5, 0.6) is 0 Å². The first-order valence-electron chi connectivity index (χ1n) is 13.2. The first-order chi connectivity index (χ1) is 18.4. The Hall–Kier alpha value is -4.04. The highest BCUT2D eigenvalue weighted by molar-refractivity contribution is 5.90. The van der Waals surface area contributed by atoms with Crippen LogP contribution in [0.3, 0.4) is 0 Å². The molecular formula is C30H31N5O3. The summed E-state index contributed by atoms with van der Waals surface area (Å²) in [5, 5.41) is 23.0. The number of anilines is 2. The Morgan fingerprint density at radius 3 is 2.50 bits per heavy atom. The normalized spacial score (nSPS) is 19.3. The van der Waals surface area contributed by atoms with Crippen LogP contribution in [0.15, 0.2) is 61.2 Å². The van der Waals surface area contributed by atoms with E-state index in [0.717, 1.165) is 46.9 Å². The van der Waals surface area contributed by atoms with Crippen LogP contribution in [-0.4, -0.2) is 41.8 Å². The third-order valence-electron chi connectivity index (χ3n) is 7.61. The van der Waals surface area contributed by atoms with Gasteiger partial charge in [0.1, 0.15) is 23.8 Å². The number of nitrogens with one attached hydrogen (secondary N) is 1. The van der Waals surface area contributed by atoms with Gasteiger partial charge in [-0.3, -0.25) is 4.57 Å². The molecule has 3 N–H and O–H groups in total. The van der Waals surface area contributed by atoms with Crippen LogP contribution >= 0.6 is 0 Å². The molecule has 194 valence electrons. The van der Waals surface area contributed by atoms with Crippen molar-refractivity contribution in [3.05, 3.63) is 83.4 Å². The molecule has 0 atom stereocenters. The Bertz CT molecular complexity index is 1480. The second-order valence-electron chi connectivity index (χ2n) is 10.5. The topological polar surface area (TPSA) is 113 Å². The summed E-state index contributed by atoms with van der Waals surface area (Å²) in [6, 6.07) is 13.6. The average Bonchev–Trinajstić information content (AvgIpc) is 3.65. The quantitative estimate of drug-likeness (QED) is 0.281. The number of rotatable bonds is 7. The summed E-state index contributed by atoms with van der Waals surface area (Å²) in [5.74, 6) is 2.07. The summed E-state index contributed by atoms with van der Waals surface area (Å²) < 4.78 is 1.88. The van der Waals surface area contributed by atoms with E-state index in [0.29, 0.717) is 30.1 Å². The van der Waals surface area contributed by atoms with Gasteiger partial charge in [0.15, 0.2) is 0 Å². The van der Waals surface area contributed by atoms with E-state index in [9.17, 15) is 15.0 Å². The van der Waals surface area contributed by atoms with Gasteiger partial charge < -0.3 is 15.5 Å². The van der Waals surface area contributed by atoms with Crippen molar-refractivity contribution in [3.63, 3.8) is 0 Å². The van der Waals surface area contributed by atoms with Crippen LogP contribution in [0.25, 0.3) is 17.1 Å². The van der Waals surface area contributed by atoms with Gasteiger partial charge in [0.05, 0.1) is 17.4 Å². The standard InChI is InChI=1S/C30H31N5O3/c1-18-12-28(33-27-15-21(10-11-31-27)19-2-3-19)34-29(13-18)35-16-26(32-17-35)22-6-9-24(30(37)38)25(14-22)20-4-7-23(36)8-5-20/h6,9-17,19-20,23,36H,2-5,7-8H2,1H3,(H,37,38)(H,31,33,34). The van der Waals surface area contributed by atoms with Crippen LogP contribution < -0.4 is 5.32 Å². The minimum atomic E-state index is -0.927. The number of pyridine rings is 2. The molecule has 4 aromatic rings. The van der Waals surface area contributed by atoms with Crippen molar-refractivity contribution in [1.82, 2.24) is 19.5 Å². The number of hydrogen-bond donors (Lipinski definition) is 3. The first kappa shape index (κ1) is 24.3. The molecule has 8 nitrogen and oxygen atoms in total. The zero-order valence-electron chi connectivity index (χ0n) is 21.3. The van der Waals surface area contributed by atoms with Crippen LogP contribution in [0, 0.1) is 6.92 Å². The van der Waals surface area contributed by atoms with Gasteiger partial charge in [-0.15, -0.1) is 0 Å². The molecule has 3 heterocycles. The van der Waals surface area contributed by atoms with E-state index in [2.05, 4.69) is 27.4 Å². The number of aliphatic hydroxyl groups is 1. The second-order valence-corrected chi connectivity index (χ2v) is 10.5. The van der Waals surface area contributed by atoms with Gasteiger partial charge >= 0.3 is 5.97 Å². The summed E-state index contributed by atoms with van der Waals surface area (Å²) in [6.45, 7) is 2.03. The van der Waals surface area contributed by atoms with Gasteiger partial charge in [0, 0.05) is 18.0 Å². The number of aromatic nitrogens is 4. The van der Waals surface area contributed by atoms with Crippen molar-refractivity contribution in [2.45, 2.75) is 63.4 Å². The highest BCUT2D eigenvalue weighted by atomic mass is 16.4. The number of aromatic carboxylic acids is 1. The van der Waals surface area contributed by atoms with Crippen LogP contribution in [0.1, 0.15) is 77.4 Å². The van der Waals surface area contributed by atoms with E-state index in [4.69, 9.17) is 4.98 Å². The molecule has 0 radical (unpaired) electrons. The Morgan fingerprint density at radius 1 is 0.947 bits per heavy atom. The lowest BCUT2D eigenvalue weighted by molar-refractivity contribution is 0.0694. The summed E-state index contributed by atoms with van der Waals surface area (Å²) in [4.78, 5) is 25.8. The summed E-state index contributed by atoms with van der Waals surface area (Å²) in [6.07, 6.45) is 10.6. The predicted octanol–water partition coefficient (Wildman–Crippen LogP) is 5.98. The maximum absolute atomic E-state index is 11.9. The Labute approximate surface area is 221 Å². The molecule has 2 aliphatic rings. The van der Waals surface area contributed by atoms with Gasteiger partial charge in [-0.1, -0.05) is 6.07 Å². The Balaban J connectivity index is 1.27. The lowest BCUT2D eigenvalue weighted by atomic mass is 9.80. The Kier molecular flexibility index (Phi) is 6.41. The number of carboxylic acids is 1. The summed E-state index contributed by atoms with van der Waals surface area (Å²) in [7, 11) is 0. The molecule has 0 bridgehead atoms. The number of hydrogen-bond acceptors (Lipinski definition) is 6. The first-order valence-corrected chi connectivity index (χ1v) is 13.2. The molecule has 2 fully saturated rings. The molecule has 8 heteroatoms. The predicted molar refractivity (Wildman–Crippen MR) is 145 cm³/mol. The fraction of sp³-hybridized carbons (Fsp3) is 0.333. The van der Waals surface area contributed by atoms with E-state index < -0.39 is 5.97 Å². The average molecular weight is 510 g/mol. The maximum Gasteiger partial charge on any atom is 0.335 e. The van der Waals surface area contributed by atoms with Crippen molar-refractivity contribution in [2.24, 2.45) is 0 Å². The third-order valence-corrected chi connectivity index (χ3v) is 7.61. The van der Waals surface area contributed by atoms with Crippen LogP contribution in [-0.2, 0) is 0 Å². The zero-order valence-corrected chi connectivity index (χ0v) is 21.3. The highest BCUT2D eigenvalue weighted by Crippen LogP contribution is 2.40. The van der Waals surface area contributed by atoms with Crippen molar-refractivity contribution >= 4 is 17.6 Å². The van der Waals surface area contributed by atoms with E-state index in [1.54, 1.807) is 12.4 Å². The van der Waals surface area contributed by atoms with Crippen molar-refractivity contribution in [1.29, 1.82) is 0 Å². The molecule has 3 aromatic heterocycles. The molecular weight excluding hydrogens is 478 g/mol. The molecule has 2 aliphatic carbocycles. The summed E-state index contributed by atoms with van der Waals surface area (Å²) >= 11 is 0. The third kappa shape index (κ3) is 5.17. The molecule has 6 rings (SSSR count). The molecule has 0 saturated heterocycles. The van der Waals surface area contributed by atoms with Crippen molar-refractivity contribution in [3.8, 4) is 17.1 Å². The molecule has 0 amide bonds. The van der Waals surface area contributed by atoms with Crippen molar-refractivity contribution < 1.29 is 15.0 Å². The lowest BCUT2D eigenvalue weighted by Crippen LogP contribution is -2.18. The monoisotopic (exact) mass is 509 g/mol. The largest absolute Gasteiger partial charge is 0.478 e. The Morgan fingerprint density at radius 2 is 1.74 bits per heavy atom. The van der Waals surface area contributed by atoms with E-state index in [-0.39, 0.29) is 12.0 Å². The molecule has 0 spiro atoms. The SMILES string of the molecule is Cc1cc(Nc2cc(C3CC3)ccn2)nc(-n2cnc(-c3ccc(C(=O)O)c(C4CCC(O)CC4)c3)c2)c1. The van der Waals surface area contributed by atoms with Crippen LogP contribution in [0.4, 0.5) is 11.6 Å². The van der Waals surface area contributed by atoms with E-state index in [1.165, 1.54) is 18.4 Å². The number of imidazole rings is 1. The van der Waals surface area contributed by atoms with Gasteiger partial charge in [0.25, 0.3) is 0 Å². The lowest BCUT2D eigenvalue weighted by Gasteiger charge is -2.27. The number of aliphatic hydroxyl groups excluding tert-OH is 1. The molecule has 2 saturated carbocycles. The maximum atomic E-state index is 11.9. The minimum absolute atomic E-state index is 0.116. The smallest absolute Gasteiger partial charge is 0.335 e. The number of carbonyl (C=O) groups is 1. The van der Waals surface area contributed by atoms with Crippen molar-refractivity contribution in [2.75, 3.05) is 5.32 Å². The van der Waals surface area contributed by atoms with Gasteiger partial charge in [-0.25, -0.2) is 19.7 Å². The van der Waals surface area contributed by atoms with Gasteiger partial charge in [-0.05, 0) is 110 Å². The number of carboxylic acid groups (broad SMARTS) is 1. The zero-order chi connectivity index (χ0) is 26.2. The van der Waals surface area contributed by atoms with E-state index >= 15 is 0 Å². The van der Waals surface area contributed by atoms with Gasteiger partial charge in [0.2, 0.25) is 0 Å². The van der Waals surface area contributed by atoms with Gasteiger partial charge in [-0.2, -0.15) is 0 Å². The number of nitrogens with zero attached hydrogens (tertiary/aromatic N) is 4. The second kappa shape index (κ2) is 10.0.